The molecule has 9 heteroatoms. The van der Waals surface area contributed by atoms with Gasteiger partial charge in [0.25, 0.3) is 0 Å². The molecule has 27 heavy (non-hydrogen) atoms. The van der Waals surface area contributed by atoms with Crippen LogP contribution in [0.25, 0.3) is 11.2 Å². The molecule has 4 rings (SSSR count). The Morgan fingerprint density at radius 1 is 1.19 bits per heavy atom. The average molecular weight is 371 g/mol. The van der Waals surface area contributed by atoms with Crippen LogP contribution in [0.4, 0.5) is 5.82 Å². The highest BCUT2D eigenvalue weighted by molar-refractivity contribution is 5.82. The molecule has 4 atom stereocenters. The summed E-state index contributed by atoms with van der Waals surface area (Å²) in [5.74, 6) is 0.562. The van der Waals surface area contributed by atoms with Crippen molar-refractivity contribution >= 4 is 17.0 Å². The Morgan fingerprint density at radius 3 is 2.78 bits per heavy atom. The second kappa shape index (κ2) is 7.20. The molecule has 0 bridgehead atoms. The highest BCUT2D eigenvalue weighted by Gasteiger charge is 2.44. The number of anilines is 1. The van der Waals surface area contributed by atoms with Crippen molar-refractivity contribution in [2.75, 3.05) is 11.9 Å². The molecule has 1 aliphatic rings. The van der Waals surface area contributed by atoms with Crippen molar-refractivity contribution in [2.45, 2.75) is 38.0 Å². The van der Waals surface area contributed by atoms with Gasteiger partial charge in [-0.05, 0) is 12.5 Å². The molecule has 0 saturated carbocycles. The van der Waals surface area contributed by atoms with Gasteiger partial charge in [0.05, 0.1) is 12.9 Å². The fourth-order valence-electron chi connectivity index (χ4n) is 3.29. The van der Waals surface area contributed by atoms with Crippen LogP contribution in [-0.4, -0.2) is 59.8 Å². The molecular weight excluding hydrogens is 350 g/mol. The SMILES string of the molecule is Cc1cccc(CNc2ncnc3c2ncn3[C@@H]2O[C@H](CO)C(O)[C@@H]2O)c1. The van der Waals surface area contributed by atoms with Crippen molar-refractivity contribution in [1.29, 1.82) is 0 Å². The van der Waals surface area contributed by atoms with Gasteiger partial charge in [0.2, 0.25) is 0 Å². The molecule has 1 aromatic carbocycles. The van der Waals surface area contributed by atoms with Crippen LogP contribution in [0.2, 0.25) is 0 Å². The zero-order valence-electron chi connectivity index (χ0n) is 14.7. The molecule has 0 spiro atoms. The highest BCUT2D eigenvalue weighted by Crippen LogP contribution is 2.32. The number of rotatable bonds is 5. The first-order chi connectivity index (χ1) is 13.1. The van der Waals surface area contributed by atoms with Gasteiger partial charge in [-0.2, -0.15) is 0 Å². The predicted octanol–water partition coefficient (Wildman–Crippen LogP) is 0.358. The molecule has 142 valence electrons. The van der Waals surface area contributed by atoms with Gasteiger partial charge in [0.1, 0.15) is 24.6 Å². The Bertz CT molecular complexity index is 946. The number of ether oxygens (including phenoxy) is 1. The van der Waals surface area contributed by atoms with E-state index in [1.165, 1.54) is 18.2 Å². The van der Waals surface area contributed by atoms with E-state index in [1.54, 1.807) is 4.57 Å². The third-order valence-corrected chi connectivity index (χ3v) is 4.69. The minimum Gasteiger partial charge on any atom is -0.394 e. The summed E-state index contributed by atoms with van der Waals surface area (Å²) in [6.07, 6.45) is -1.24. The zero-order chi connectivity index (χ0) is 19.0. The first kappa shape index (κ1) is 17.8. The summed E-state index contributed by atoms with van der Waals surface area (Å²) in [5, 5.41) is 32.7. The van der Waals surface area contributed by atoms with E-state index in [9.17, 15) is 15.3 Å². The van der Waals surface area contributed by atoms with Gasteiger partial charge in [0.15, 0.2) is 23.2 Å². The van der Waals surface area contributed by atoms with E-state index in [4.69, 9.17) is 4.74 Å². The number of aromatic nitrogens is 4. The van der Waals surface area contributed by atoms with E-state index in [0.29, 0.717) is 23.5 Å². The van der Waals surface area contributed by atoms with E-state index >= 15 is 0 Å². The van der Waals surface area contributed by atoms with Crippen LogP contribution in [0.5, 0.6) is 0 Å². The third-order valence-electron chi connectivity index (χ3n) is 4.69. The predicted molar refractivity (Wildman–Crippen MR) is 96.8 cm³/mol. The molecular formula is C18H21N5O4. The monoisotopic (exact) mass is 371 g/mol. The van der Waals surface area contributed by atoms with Gasteiger partial charge in [-0.25, -0.2) is 15.0 Å². The Morgan fingerprint density at radius 2 is 2.04 bits per heavy atom. The lowest BCUT2D eigenvalue weighted by Gasteiger charge is -2.16. The number of hydrogen-bond acceptors (Lipinski definition) is 8. The van der Waals surface area contributed by atoms with Gasteiger partial charge in [-0.1, -0.05) is 29.8 Å². The van der Waals surface area contributed by atoms with E-state index in [0.717, 1.165) is 5.56 Å². The number of benzene rings is 1. The van der Waals surface area contributed by atoms with Crippen LogP contribution in [-0.2, 0) is 11.3 Å². The van der Waals surface area contributed by atoms with Gasteiger partial charge >= 0.3 is 0 Å². The van der Waals surface area contributed by atoms with Crippen molar-refractivity contribution in [3.63, 3.8) is 0 Å². The first-order valence-electron chi connectivity index (χ1n) is 8.68. The molecule has 1 unspecified atom stereocenters. The summed E-state index contributed by atoms with van der Waals surface area (Å²) in [5.41, 5.74) is 3.29. The molecule has 2 aromatic heterocycles. The number of nitrogens with one attached hydrogen (secondary N) is 1. The lowest BCUT2D eigenvalue weighted by atomic mass is 10.1. The fraction of sp³-hybridized carbons (Fsp3) is 0.389. The number of aliphatic hydroxyl groups is 3. The summed E-state index contributed by atoms with van der Waals surface area (Å²) >= 11 is 0. The van der Waals surface area contributed by atoms with Crippen LogP contribution >= 0.6 is 0 Å². The summed E-state index contributed by atoms with van der Waals surface area (Å²) in [6.45, 7) is 2.23. The molecule has 9 nitrogen and oxygen atoms in total. The Balaban J connectivity index is 1.60. The Labute approximate surface area is 155 Å². The number of nitrogens with zero attached hydrogens (tertiary/aromatic N) is 4. The molecule has 1 saturated heterocycles. The average Bonchev–Trinajstić information content (AvgIpc) is 3.22. The smallest absolute Gasteiger partial charge is 0.167 e. The number of aryl methyl sites for hydroxylation is 1. The maximum atomic E-state index is 10.2. The fourth-order valence-corrected chi connectivity index (χ4v) is 3.29. The minimum atomic E-state index is -1.20. The van der Waals surface area contributed by atoms with Crippen LogP contribution < -0.4 is 5.32 Å². The standard InChI is InChI=1S/C18H21N5O4/c1-10-3-2-4-11(5-10)6-19-16-13-17(21-8-20-16)23(9-22-13)18-15(26)14(25)12(7-24)27-18/h2-5,8-9,12,14-15,18,24-26H,6-7H2,1H3,(H,19,20,21)/t12-,14?,15+,18-/m1/s1. The van der Waals surface area contributed by atoms with Gasteiger partial charge < -0.3 is 25.4 Å². The number of aliphatic hydroxyl groups excluding tert-OH is 3. The summed E-state index contributed by atoms with van der Waals surface area (Å²) < 4.78 is 7.10. The minimum absolute atomic E-state index is 0.389. The largest absolute Gasteiger partial charge is 0.394 e. The van der Waals surface area contributed by atoms with E-state index in [2.05, 4.69) is 26.3 Å². The van der Waals surface area contributed by atoms with E-state index in [-0.39, 0.29) is 6.61 Å². The van der Waals surface area contributed by atoms with Crippen molar-refractivity contribution in [3.8, 4) is 0 Å². The van der Waals surface area contributed by atoms with Crippen LogP contribution in [0.3, 0.4) is 0 Å². The molecule has 1 aliphatic heterocycles. The van der Waals surface area contributed by atoms with Crippen molar-refractivity contribution < 1.29 is 20.1 Å². The van der Waals surface area contributed by atoms with Crippen molar-refractivity contribution in [1.82, 2.24) is 19.5 Å². The van der Waals surface area contributed by atoms with Crippen molar-refractivity contribution in [2.24, 2.45) is 0 Å². The highest BCUT2D eigenvalue weighted by atomic mass is 16.6. The van der Waals surface area contributed by atoms with Crippen LogP contribution in [0.15, 0.2) is 36.9 Å². The number of hydrogen-bond donors (Lipinski definition) is 4. The molecule has 3 aromatic rings. The summed E-state index contributed by atoms with van der Waals surface area (Å²) in [6, 6.07) is 8.15. The molecule has 0 radical (unpaired) electrons. The summed E-state index contributed by atoms with van der Waals surface area (Å²) in [4.78, 5) is 12.8. The lowest BCUT2D eigenvalue weighted by Crippen LogP contribution is -2.33. The normalized spacial score (nSPS) is 25.2. The topological polar surface area (TPSA) is 126 Å². The second-order valence-electron chi connectivity index (χ2n) is 6.62. The second-order valence-corrected chi connectivity index (χ2v) is 6.62. The molecule has 1 fully saturated rings. The Kier molecular flexibility index (Phi) is 4.75. The van der Waals surface area contributed by atoms with E-state index < -0.39 is 24.5 Å². The summed E-state index contributed by atoms with van der Waals surface area (Å²) in [7, 11) is 0. The lowest BCUT2D eigenvalue weighted by molar-refractivity contribution is -0.0511. The number of imidazole rings is 1. The van der Waals surface area contributed by atoms with Gasteiger partial charge in [-0.15, -0.1) is 0 Å². The van der Waals surface area contributed by atoms with Crippen LogP contribution in [0.1, 0.15) is 17.4 Å². The van der Waals surface area contributed by atoms with Gasteiger partial charge in [-0.3, -0.25) is 4.57 Å². The first-order valence-corrected chi connectivity index (χ1v) is 8.68. The molecule has 0 aliphatic carbocycles. The molecule has 3 heterocycles. The Hall–Kier alpha value is -2.59. The van der Waals surface area contributed by atoms with Crippen molar-refractivity contribution in [3.05, 3.63) is 48.0 Å². The zero-order valence-corrected chi connectivity index (χ0v) is 14.7. The molecule has 0 amide bonds. The van der Waals surface area contributed by atoms with Crippen LogP contribution in [0, 0.1) is 6.92 Å². The van der Waals surface area contributed by atoms with E-state index in [1.807, 2.05) is 25.1 Å². The quantitative estimate of drug-likeness (QED) is 0.507. The molecule has 4 N–H and O–H groups in total. The van der Waals surface area contributed by atoms with Gasteiger partial charge in [0, 0.05) is 6.54 Å². The maximum absolute atomic E-state index is 10.2. The number of fused-ring (bicyclic) bond motifs is 1. The third kappa shape index (κ3) is 3.26. The maximum Gasteiger partial charge on any atom is 0.167 e.